The first kappa shape index (κ1) is 9.66. The minimum absolute atomic E-state index is 0.562. The number of pyridine rings is 1. The predicted octanol–water partition coefficient (Wildman–Crippen LogP) is 1.62. The third-order valence-corrected chi connectivity index (χ3v) is 3.30. The molecule has 3 N–H and O–H groups in total. The number of nitrogens with two attached hydrogens (primary N) is 1. The Kier molecular flexibility index (Phi) is 2.29. The van der Waals surface area contributed by atoms with Crippen molar-refractivity contribution < 1.29 is 0 Å². The maximum absolute atomic E-state index is 5.76. The van der Waals surface area contributed by atoms with Gasteiger partial charge >= 0.3 is 0 Å². The Labute approximate surface area is 94.5 Å². The van der Waals surface area contributed by atoms with Gasteiger partial charge in [0.1, 0.15) is 5.65 Å². The molecule has 4 heteroatoms. The third-order valence-electron chi connectivity index (χ3n) is 3.30. The average Bonchev–Trinajstić information content (AvgIpc) is 2.97. The molecule has 84 valence electrons. The molecule has 0 radical (unpaired) electrons. The molecule has 0 saturated carbocycles. The normalized spacial score (nSPS) is 16.2. The highest BCUT2D eigenvalue weighted by Crippen LogP contribution is 2.30. The topological polar surface area (TPSA) is 57.9 Å². The van der Waals surface area contributed by atoms with E-state index in [1.54, 1.807) is 0 Å². The molecule has 4 nitrogen and oxygen atoms in total. The highest BCUT2D eigenvalue weighted by Gasteiger charge is 2.17. The van der Waals surface area contributed by atoms with E-state index in [0.717, 1.165) is 24.3 Å². The molecule has 2 aromatic heterocycles. The van der Waals surface area contributed by atoms with Crippen molar-refractivity contribution in [2.24, 2.45) is 5.73 Å². The van der Waals surface area contributed by atoms with Crippen LogP contribution in [0.4, 0.5) is 5.69 Å². The van der Waals surface area contributed by atoms with Crippen molar-refractivity contribution in [2.45, 2.75) is 19.4 Å². The summed E-state index contributed by atoms with van der Waals surface area (Å²) < 4.78 is 0. The van der Waals surface area contributed by atoms with E-state index in [1.165, 1.54) is 23.9 Å². The summed E-state index contributed by atoms with van der Waals surface area (Å²) in [6.07, 6.45) is 6.41. The van der Waals surface area contributed by atoms with Crippen molar-refractivity contribution in [3.63, 3.8) is 0 Å². The Morgan fingerprint density at radius 1 is 1.38 bits per heavy atom. The second-order valence-corrected chi connectivity index (χ2v) is 4.27. The number of aromatic nitrogens is 2. The number of H-pyrrole nitrogens is 1. The fourth-order valence-electron chi connectivity index (χ4n) is 2.49. The summed E-state index contributed by atoms with van der Waals surface area (Å²) >= 11 is 0. The zero-order valence-corrected chi connectivity index (χ0v) is 9.24. The summed E-state index contributed by atoms with van der Waals surface area (Å²) in [7, 11) is 0. The molecule has 0 aliphatic carbocycles. The van der Waals surface area contributed by atoms with Gasteiger partial charge < -0.3 is 15.6 Å². The number of rotatable bonds is 2. The van der Waals surface area contributed by atoms with Crippen LogP contribution in [0.3, 0.4) is 0 Å². The maximum Gasteiger partial charge on any atom is 0.139 e. The molecule has 0 atom stereocenters. The molecule has 0 unspecified atom stereocenters. The highest BCUT2D eigenvalue weighted by atomic mass is 15.1. The van der Waals surface area contributed by atoms with Crippen LogP contribution in [-0.2, 0) is 6.54 Å². The van der Waals surface area contributed by atoms with Crippen LogP contribution in [0.2, 0.25) is 0 Å². The molecule has 0 spiro atoms. The van der Waals surface area contributed by atoms with Crippen LogP contribution in [0, 0.1) is 0 Å². The smallest absolute Gasteiger partial charge is 0.139 e. The van der Waals surface area contributed by atoms with Gasteiger partial charge in [0.15, 0.2) is 0 Å². The van der Waals surface area contributed by atoms with Gasteiger partial charge in [-0.3, -0.25) is 0 Å². The summed E-state index contributed by atoms with van der Waals surface area (Å²) in [6.45, 7) is 2.86. The van der Waals surface area contributed by atoms with Gasteiger partial charge in [-0.2, -0.15) is 0 Å². The van der Waals surface area contributed by atoms with E-state index in [-0.39, 0.29) is 0 Å². The standard InChI is InChI=1S/C12H16N4/c13-7-9-8-15-12-11(9)10(3-4-14-12)16-5-1-2-6-16/h3-4,8H,1-2,5-7,13H2,(H,14,15). The van der Waals surface area contributed by atoms with Crippen LogP contribution >= 0.6 is 0 Å². The second-order valence-electron chi connectivity index (χ2n) is 4.27. The first-order chi connectivity index (χ1) is 7.90. The molecule has 1 aliphatic rings. The Morgan fingerprint density at radius 3 is 2.94 bits per heavy atom. The Bertz CT molecular complexity index is 497. The van der Waals surface area contributed by atoms with Gasteiger partial charge in [-0.05, 0) is 24.5 Å². The van der Waals surface area contributed by atoms with Crippen molar-refractivity contribution in [1.82, 2.24) is 9.97 Å². The summed E-state index contributed by atoms with van der Waals surface area (Å²) in [5.74, 6) is 0. The lowest BCUT2D eigenvalue weighted by molar-refractivity contribution is 0.949. The molecule has 1 fully saturated rings. The fraction of sp³-hybridized carbons (Fsp3) is 0.417. The van der Waals surface area contributed by atoms with E-state index in [9.17, 15) is 0 Å². The predicted molar refractivity (Wildman–Crippen MR) is 65.4 cm³/mol. The molecule has 0 amide bonds. The molecule has 0 bridgehead atoms. The van der Waals surface area contributed by atoms with Crippen LogP contribution in [0.5, 0.6) is 0 Å². The van der Waals surface area contributed by atoms with Gasteiger partial charge in [0.25, 0.3) is 0 Å². The first-order valence-electron chi connectivity index (χ1n) is 5.80. The van der Waals surface area contributed by atoms with Crippen molar-refractivity contribution in [3.8, 4) is 0 Å². The van der Waals surface area contributed by atoms with Gasteiger partial charge in [-0.25, -0.2) is 4.98 Å². The van der Waals surface area contributed by atoms with Gasteiger partial charge in [-0.1, -0.05) is 0 Å². The van der Waals surface area contributed by atoms with Gasteiger partial charge in [-0.15, -0.1) is 0 Å². The zero-order valence-electron chi connectivity index (χ0n) is 9.24. The number of hydrogen-bond donors (Lipinski definition) is 2. The van der Waals surface area contributed by atoms with Crippen LogP contribution in [0.1, 0.15) is 18.4 Å². The lowest BCUT2D eigenvalue weighted by Gasteiger charge is -2.18. The van der Waals surface area contributed by atoms with Gasteiger partial charge in [0.2, 0.25) is 0 Å². The molecule has 16 heavy (non-hydrogen) atoms. The largest absolute Gasteiger partial charge is 0.371 e. The summed E-state index contributed by atoms with van der Waals surface area (Å²) in [5.41, 5.74) is 9.15. The molecule has 3 rings (SSSR count). The van der Waals surface area contributed by atoms with E-state index < -0.39 is 0 Å². The lowest BCUT2D eigenvalue weighted by Crippen LogP contribution is -2.18. The van der Waals surface area contributed by atoms with Crippen molar-refractivity contribution in [3.05, 3.63) is 24.0 Å². The van der Waals surface area contributed by atoms with Crippen molar-refractivity contribution in [2.75, 3.05) is 18.0 Å². The van der Waals surface area contributed by atoms with Crippen LogP contribution in [0.25, 0.3) is 11.0 Å². The SMILES string of the molecule is NCc1c[nH]c2nccc(N3CCCC3)c12. The minimum atomic E-state index is 0.562. The molecule has 1 aliphatic heterocycles. The van der Waals surface area contributed by atoms with E-state index in [1.807, 2.05) is 12.4 Å². The zero-order chi connectivity index (χ0) is 11.0. The van der Waals surface area contributed by atoms with E-state index in [2.05, 4.69) is 20.9 Å². The number of nitrogens with one attached hydrogen (secondary N) is 1. The van der Waals surface area contributed by atoms with Crippen LogP contribution in [-0.4, -0.2) is 23.1 Å². The molecule has 0 aromatic carbocycles. The average molecular weight is 216 g/mol. The summed E-state index contributed by atoms with van der Waals surface area (Å²) in [4.78, 5) is 9.96. The maximum atomic E-state index is 5.76. The molecular formula is C12H16N4. The molecule has 1 saturated heterocycles. The third kappa shape index (κ3) is 1.38. The number of nitrogens with zero attached hydrogens (tertiary/aromatic N) is 2. The number of fused-ring (bicyclic) bond motifs is 1. The first-order valence-corrected chi connectivity index (χ1v) is 5.80. The van der Waals surface area contributed by atoms with Crippen molar-refractivity contribution in [1.29, 1.82) is 0 Å². The fourth-order valence-corrected chi connectivity index (χ4v) is 2.49. The Morgan fingerprint density at radius 2 is 2.19 bits per heavy atom. The van der Waals surface area contributed by atoms with E-state index >= 15 is 0 Å². The monoisotopic (exact) mass is 216 g/mol. The van der Waals surface area contributed by atoms with E-state index in [0.29, 0.717) is 6.54 Å². The quantitative estimate of drug-likeness (QED) is 0.802. The van der Waals surface area contributed by atoms with Gasteiger partial charge in [0.05, 0.1) is 0 Å². The number of anilines is 1. The van der Waals surface area contributed by atoms with Crippen LogP contribution < -0.4 is 10.6 Å². The van der Waals surface area contributed by atoms with Crippen LogP contribution in [0.15, 0.2) is 18.5 Å². The lowest BCUT2D eigenvalue weighted by atomic mass is 10.2. The molecule has 2 aromatic rings. The number of hydrogen-bond acceptors (Lipinski definition) is 3. The summed E-state index contributed by atoms with van der Waals surface area (Å²) in [6, 6.07) is 2.10. The Balaban J connectivity index is 2.18. The van der Waals surface area contributed by atoms with E-state index in [4.69, 9.17) is 5.73 Å². The summed E-state index contributed by atoms with van der Waals surface area (Å²) in [5, 5.41) is 1.20. The second kappa shape index (κ2) is 3.79. The highest BCUT2D eigenvalue weighted by molar-refractivity contribution is 5.93. The van der Waals surface area contributed by atoms with Gasteiger partial charge in [0, 0.05) is 43.1 Å². The molecule has 3 heterocycles. The Hall–Kier alpha value is -1.55. The minimum Gasteiger partial charge on any atom is -0.371 e. The molecular weight excluding hydrogens is 200 g/mol. The number of aromatic amines is 1. The van der Waals surface area contributed by atoms with Crippen molar-refractivity contribution >= 4 is 16.7 Å².